The van der Waals surface area contributed by atoms with E-state index < -0.39 is 0 Å². The minimum atomic E-state index is 0. The molecule has 0 bridgehead atoms. The maximum Gasteiger partial charge on any atom is 0 e. The minimum Gasteiger partial charge on any atom is -0.314 e. The number of benzene rings is 1. The molecule has 371 valence electrons. The molecule has 1 aliphatic rings. The summed E-state index contributed by atoms with van der Waals surface area (Å²) in [7, 11) is 0. The smallest absolute Gasteiger partial charge is 0 e. The molecule has 2 atom stereocenters. The molecule has 0 saturated heterocycles. The zero-order valence-electron chi connectivity index (χ0n) is 48.5. The van der Waals surface area contributed by atoms with Crippen molar-refractivity contribution in [1.82, 2.24) is 0 Å². The van der Waals surface area contributed by atoms with Gasteiger partial charge in [0.05, 0.1) is 0 Å². The Morgan fingerprint density at radius 2 is 0.541 bits per heavy atom. The van der Waals surface area contributed by atoms with Gasteiger partial charge in [0, 0.05) is 32.7 Å². The number of hydrogen-bond acceptors (Lipinski definition) is 0. The monoisotopic (exact) mass is 936 g/mol. The second kappa shape index (κ2) is 29.9. The van der Waals surface area contributed by atoms with Crippen molar-refractivity contribution in [2.75, 3.05) is 0 Å². The summed E-state index contributed by atoms with van der Waals surface area (Å²) in [5.74, 6) is 4.90. The zero-order chi connectivity index (χ0) is 48.7. The molecule has 0 aromatic heterocycles. The molecular formula is C60H126Y-2. The average molecular weight is 937 g/mol. The van der Waals surface area contributed by atoms with Crippen LogP contribution < -0.4 is 0 Å². The molecule has 0 amide bonds. The fourth-order valence-corrected chi connectivity index (χ4v) is 6.24. The quantitative estimate of drug-likeness (QED) is 0.246. The molecule has 0 aliphatic heterocycles. The second-order valence-electron chi connectivity index (χ2n) is 26.8. The number of hydrogen-bond donors (Lipinski definition) is 0. The fraction of sp³-hybridized carbons (Fsp3) is 0.867. The first kappa shape index (κ1) is 78.5. The fourth-order valence-electron chi connectivity index (χ4n) is 6.24. The maximum atomic E-state index is 2.40. The van der Waals surface area contributed by atoms with Gasteiger partial charge in [0.15, 0.2) is 0 Å². The molecule has 2 rings (SSSR count). The third-order valence-electron chi connectivity index (χ3n) is 14.4. The van der Waals surface area contributed by atoms with Crippen LogP contribution in [0.5, 0.6) is 0 Å². The predicted octanol–water partition coefficient (Wildman–Crippen LogP) is 22.1. The SMILES string of the molecule is C.C.CC.CC.CC(C)(C)C(C)(C)C(C)(C)C(C)(C)C.CC(C)(C)C1CCC1C(C)(C)C.CC(C)(C)c1ccccc1C(C)(C)C.C[C-](C)C(C)(C)C.C[C-](C)C(C)(C)C.[Y]. The van der Waals surface area contributed by atoms with E-state index in [1.54, 1.807) is 0 Å². The van der Waals surface area contributed by atoms with Crippen molar-refractivity contribution in [3.8, 4) is 0 Å². The molecule has 1 aromatic carbocycles. The van der Waals surface area contributed by atoms with Gasteiger partial charge in [-0.1, -0.05) is 261 Å². The van der Waals surface area contributed by atoms with Gasteiger partial charge >= 0.3 is 0 Å². The van der Waals surface area contributed by atoms with Crippen molar-refractivity contribution in [2.45, 2.75) is 288 Å². The van der Waals surface area contributed by atoms with Crippen molar-refractivity contribution in [1.29, 1.82) is 0 Å². The van der Waals surface area contributed by atoms with Gasteiger partial charge in [0.25, 0.3) is 0 Å². The van der Waals surface area contributed by atoms with E-state index in [4.69, 9.17) is 0 Å². The van der Waals surface area contributed by atoms with Crippen LogP contribution in [0.3, 0.4) is 0 Å². The maximum absolute atomic E-state index is 2.40. The van der Waals surface area contributed by atoms with Crippen molar-refractivity contribution in [3.05, 3.63) is 47.2 Å². The number of rotatable bonds is 1. The largest absolute Gasteiger partial charge is 0.314 e. The Bertz CT molecular complexity index is 1070. The van der Waals surface area contributed by atoms with Crippen LogP contribution in [0, 0.1) is 67.0 Å². The molecule has 1 fully saturated rings. The van der Waals surface area contributed by atoms with Crippen LogP contribution in [-0.4, -0.2) is 0 Å². The van der Waals surface area contributed by atoms with Gasteiger partial charge in [0.1, 0.15) is 0 Å². The van der Waals surface area contributed by atoms with Gasteiger partial charge in [-0.3, -0.25) is 0 Å². The van der Waals surface area contributed by atoms with Crippen LogP contribution >= 0.6 is 0 Å². The first-order chi connectivity index (χ1) is 25.1. The zero-order valence-corrected chi connectivity index (χ0v) is 51.3. The van der Waals surface area contributed by atoms with Crippen LogP contribution in [0.25, 0.3) is 0 Å². The molecule has 0 heterocycles. The minimum absolute atomic E-state index is 0. The summed E-state index contributed by atoms with van der Waals surface area (Å²) >= 11 is 0. The average Bonchev–Trinajstić information content (AvgIpc) is 2.95. The van der Waals surface area contributed by atoms with E-state index in [-0.39, 0.29) is 58.4 Å². The van der Waals surface area contributed by atoms with Crippen LogP contribution in [0.4, 0.5) is 0 Å². The summed E-state index contributed by atoms with van der Waals surface area (Å²) in [6, 6.07) is 8.77. The Morgan fingerprint density at radius 1 is 0.377 bits per heavy atom. The third-order valence-corrected chi connectivity index (χ3v) is 14.4. The van der Waals surface area contributed by atoms with Gasteiger partial charge in [-0.05, 0) is 79.1 Å². The van der Waals surface area contributed by atoms with E-state index in [0.29, 0.717) is 43.3 Å². The molecule has 61 heavy (non-hydrogen) atoms. The van der Waals surface area contributed by atoms with Gasteiger partial charge in [-0.15, -0.1) is 0 Å². The molecule has 1 aromatic rings. The molecule has 2 unspecified atom stereocenters. The van der Waals surface area contributed by atoms with Gasteiger partial charge < -0.3 is 11.8 Å². The van der Waals surface area contributed by atoms with Gasteiger partial charge in [-0.2, -0.15) is 38.5 Å². The normalized spacial score (nSPS) is 16.0. The Balaban J connectivity index is -0.0000000950. The molecule has 1 radical (unpaired) electrons. The molecule has 0 N–H and O–H groups in total. The third kappa shape index (κ3) is 29.6. The summed E-state index contributed by atoms with van der Waals surface area (Å²) in [6.07, 6.45) is 2.90. The van der Waals surface area contributed by atoms with Crippen LogP contribution in [0.2, 0.25) is 0 Å². The van der Waals surface area contributed by atoms with E-state index in [1.165, 1.54) is 35.8 Å². The van der Waals surface area contributed by atoms with E-state index >= 15 is 0 Å². The van der Waals surface area contributed by atoms with Crippen LogP contribution in [-0.2, 0) is 43.5 Å². The van der Waals surface area contributed by atoms with Crippen molar-refractivity contribution >= 4 is 0 Å². The predicted molar refractivity (Wildman–Crippen MR) is 290 cm³/mol. The molecule has 0 nitrogen and oxygen atoms in total. The molecule has 1 saturated carbocycles. The Labute approximate surface area is 420 Å². The van der Waals surface area contributed by atoms with Crippen LogP contribution in [0.15, 0.2) is 24.3 Å². The van der Waals surface area contributed by atoms with E-state index in [9.17, 15) is 0 Å². The summed E-state index contributed by atoms with van der Waals surface area (Å²) in [4.78, 5) is 0. The standard InChI is InChI=1S/C14H22.C14H30.C12H24.2C7H15.2C2H6.2CH4.Y/c1-13(2,3)11-9-7-8-10-12(11)14(4,5)6;1-11(2,3)13(7,8)14(9,10)12(4,5)6;1-11(2,3)9-7-8-10(9)12(4,5)6;2*1-6(2)7(3,4)5;2*1-2;;;/h7-10H,1-6H3;1-10H3;9-10H,7-8H2,1-6H3;2*1-5H3;2*1-2H3;2*1H4;/q;;;2*-1;;;;;. The summed E-state index contributed by atoms with van der Waals surface area (Å²) in [6.45, 7) is 81.7. The van der Waals surface area contributed by atoms with Crippen molar-refractivity contribution < 1.29 is 32.7 Å². The molecule has 1 heteroatoms. The second-order valence-corrected chi connectivity index (χ2v) is 26.8. The summed E-state index contributed by atoms with van der Waals surface area (Å²) < 4.78 is 0. The first-order valence-electron chi connectivity index (χ1n) is 23.8. The molecule has 0 spiro atoms. The van der Waals surface area contributed by atoms with E-state index in [2.05, 4.69) is 246 Å². The topological polar surface area (TPSA) is 0 Å². The summed E-state index contributed by atoms with van der Waals surface area (Å²) in [5, 5.41) is 0. The Hall–Kier alpha value is 0.324. The molecule has 1 aliphatic carbocycles. The van der Waals surface area contributed by atoms with Gasteiger partial charge in [-0.25, -0.2) is 0 Å². The molecular weight excluding hydrogens is 810 g/mol. The van der Waals surface area contributed by atoms with E-state index in [0.717, 1.165) is 11.8 Å². The Morgan fingerprint density at radius 3 is 0.623 bits per heavy atom. The van der Waals surface area contributed by atoms with Gasteiger partial charge in [0.2, 0.25) is 0 Å². The summed E-state index contributed by atoms with van der Waals surface area (Å²) in [5.41, 5.74) is 6.60. The van der Waals surface area contributed by atoms with Crippen molar-refractivity contribution in [3.63, 3.8) is 0 Å². The van der Waals surface area contributed by atoms with Crippen molar-refractivity contribution in [2.24, 2.45) is 55.2 Å². The van der Waals surface area contributed by atoms with Crippen LogP contribution in [0.1, 0.15) is 288 Å². The Kier molecular flexibility index (Phi) is 38.4. The van der Waals surface area contributed by atoms with E-state index in [1.807, 2.05) is 27.7 Å². The first-order valence-corrected chi connectivity index (χ1v) is 23.8.